The van der Waals surface area contributed by atoms with E-state index in [4.69, 9.17) is 16.3 Å². The molecule has 0 atom stereocenters. The zero-order chi connectivity index (χ0) is 20.2. The van der Waals surface area contributed by atoms with Gasteiger partial charge in [0, 0.05) is 17.3 Å². The van der Waals surface area contributed by atoms with E-state index in [1.54, 1.807) is 0 Å². The molecule has 4 rings (SSSR count). The Balaban J connectivity index is 1.44. The fraction of sp³-hybridized carbons (Fsp3) is 0.120. The Hall–Kier alpha value is -2.49. The number of aryl methyl sites for hydroxylation is 1. The normalized spacial score (nSPS) is 10.9. The molecule has 4 heteroatoms. The molecule has 0 aliphatic rings. The van der Waals surface area contributed by atoms with E-state index < -0.39 is 0 Å². The van der Waals surface area contributed by atoms with Crippen LogP contribution in [0.3, 0.4) is 0 Å². The van der Waals surface area contributed by atoms with Crippen molar-refractivity contribution in [3.8, 4) is 5.75 Å². The first-order chi connectivity index (χ1) is 14.1. The highest BCUT2D eigenvalue weighted by Gasteiger charge is 2.06. The standard InChI is InChI=1S/C25H21BrClNO/c1-17-9-11-21(27)14-24(17)28-15-18-10-12-25(23(26)13-18)29-16-20-7-4-6-19-5-2-3-8-22(19)20/h2-14,28H,15-16H2,1H3. The summed E-state index contributed by atoms with van der Waals surface area (Å²) in [7, 11) is 0. The van der Waals surface area contributed by atoms with Gasteiger partial charge in [0.05, 0.1) is 4.47 Å². The Bertz CT molecular complexity index is 1150. The van der Waals surface area contributed by atoms with E-state index in [1.165, 1.54) is 21.9 Å². The fourth-order valence-electron chi connectivity index (χ4n) is 3.33. The highest BCUT2D eigenvalue weighted by Crippen LogP contribution is 2.29. The highest BCUT2D eigenvalue weighted by atomic mass is 79.9. The van der Waals surface area contributed by atoms with Crippen LogP contribution in [0.15, 0.2) is 83.3 Å². The van der Waals surface area contributed by atoms with Crippen molar-refractivity contribution in [2.45, 2.75) is 20.1 Å². The minimum atomic E-state index is 0.527. The summed E-state index contributed by atoms with van der Waals surface area (Å²) in [6, 6.07) is 26.7. The third-order valence-electron chi connectivity index (χ3n) is 4.94. The van der Waals surface area contributed by atoms with Crippen molar-refractivity contribution in [2.24, 2.45) is 0 Å². The Morgan fingerprint density at radius 2 is 1.76 bits per heavy atom. The van der Waals surface area contributed by atoms with Crippen LogP contribution < -0.4 is 10.1 Å². The molecular formula is C25H21BrClNO. The number of ether oxygens (including phenoxy) is 1. The van der Waals surface area contributed by atoms with Crippen molar-refractivity contribution in [3.63, 3.8) is 0 Å². The molecule has 0 saturated heterocycles. The summed E-state index contributed by atoms with van der Waals surface area (Å²) >= 11 is 9.75. The van der Waals surface area contributed by atoms with Gasteiger partial charge in [-0.25, -0.2) is 0 Å². The van der Waals surface area contributed by atoms with Gasteiger partial charge < -0.3 is 10.1 Å². The molecule has 0 saturated carbocycles. The number of benzene rings is 4. The molecule has 29 heavy (non-hydrogen) atoms. The van der Waals surface area contributed by atoms with Gasteiger partial charge in [-0.2, -0.15) is 0 Å². The van der Waals surface area contributed by atoms with E-state index in [-0.39, 0.29) is 0 Å². The molecule has 4 aromatic carbocycles. The van der Waals surface area contributed by atoms with Crippen LogP contribution in [0.4, 0.5) is 5.69 Å². The number of rotatable bonds is 6. The highest BCUT2D eigenvalue weighted by molar-refractivity contribution is 9.10. The molecule has 0 amide bonds. The van der Waals surface area contributed by atoms with Crippen molar-refractivity contribution >= 4 is 44.0 Å². The van der Waals surface area contributed by atoms with Crippen molar-refractivity contribution < 1.29 is 4.74 Å². The first-order valence-corrected chi connectivity index (χ1v) is 10.6. The van der Waals surface area contributed by atoms with Crippen LogP contribution >= 0.6 is 27.5 Å². The summed E-state index contributed by atoms with van der Waals surface area (Å²) in [5.74, 6) is 0.834. The lowest BCUT2D eigenvalue weighted by molar-refractivity contribution is 0.305. The number of nitrogens with one attached hydrogen (secondary N) is 1. The average Bonchev–Trinajstić information content (AvgIpc) is 2.73. The summed E-state index contributed by atoms with van der Waals surface area (Å²) in [6.07, 6.45) is 0. The van der Waals surface area contributed by atoms with Gasteiger partial charge in [0.15, 0.2) is 0 Å². The van der Waals surface area contributed by atoms with Gasteiger partial charge in [0.2, 0.25) is 0 Å². The first-order valence-electron chi connectivity index (χ1n) is 9.48. The lowest BCUT2D eigenvalue weighted by Gasteiger charge is -2.13. The molecule has 0 aliphatic heterocycles. The Morgan fingerprint density at radius 3 is 2.62 bits per heavy atom. The maximum atomic E-state index is 6.10. The molecule has 0 fully saturated rings. The second-order valence-electron chi connectivity index (χ2n) is 7.00. The Labute approximate surface area is 184 Å². The second-order valence-corrected chi connectivity index (χ2v) is 8.30. The van der Waals surface area contributed by atoms with E-state index in [9.17, 15) is 0 Å². The van der Waals surface area contributed by atoms with Crippen LogP contribution in [-0.4, -0.2) is 0 Å². The van der Waals surface area contributed by atoms with Crippen molar-refractivity contribution in [1.29, 1.82) is 0 Å². The van der Waals surface area contributed by atoms with Crippen LogP contribution in [0.25, 0.3) is 10.8 Å². The molecular weight excluding hydrogens is 446 g/mol. The van der Waals surface area contributed by atoms with E-state index in [2.05, 4.69) is 82.8 Å². The van der Waals surface area contributed by atoms with Crippen LogP contribution in [0.1, 0.15) is 16.7 Å². The zero-order valence-electron chi connectivity index (χ0n) is 16.1. The first kappa shape index (κ1) is 19.8. The van der Waals surface area contributed by atoms with Crippen LogP contribution in [0.2, 0.25) is 5.02 Å². The van der Waals surface area contributed by atoms with Crippen LogP contribution in [0, 0.1) is 6.92 Å². The minimum Gasteiger partial charge on any atom is -0.488 e. The van der Waals surface area contributed by atoms with Gasteiger partial charge in [-0.05, 0) is 74.6 Å². The predicted molar refractivity (Wildman–Crippen MR) is 126 cm³/mol. The number of halogens is 2. The van der Waals surface area contributed by atoms with Gasteiger partial charge in [0.25, 0.3) is 0 Å². The second kappa shape index (κ2) is 8.89. The molecule has 0 aromatic heterocycles. The topological polar surface area (TPSA) is 21.3 Å². The molecule has 0 spiro atoms. The average molecular weight is 467 g/mol. The Kier molecular flexibility index (Phi) is 6.08. The lowest BCUT2D eigenvalue weighted by atomic mass is 10.1. The molecule has 0 bridgehead atoms. The maximum Gasteiger partial charge on any atom is 0.134 e. The lowest BCUT2D eigenvalue weighted by Crippen LogP contribution is -2.02. The number of hydrogen-bond donors (Lipinski definition) is 1. The van der Waals surface area contributed by atoms with Crippen LogP contribution in [0.5, 0.6) is 5.75 Å². The van der Waals surface area contributed by atoms with Gasteiger partial charge >= 0.3 is 0 Å². The third kappa shape index (κ3) is 4.75. The van der Waals surface area contributed by atoms with Gasteiger partial charge in [-0.3, -0.25) is 0 Å². The largest absolute Gasteiger partial charge is 0.488 e. The molecule has 0 heterocycles. The monoisotopic (exact) mass is 465 g/mol. The van der Waals surface area contributed by atoms with Gasteiger partial charge in [-0.15, -0.1) is 0 Å². The van der Waals surface area contributed by atoms with Crippen molar-refractivity contribution in [3.05, 3.63) is 105 Å². The molecule has 146 valence electrons. The summed E-state index contributed by atoms with van der Waals surface area (Å²) in [5.41, 5.74) is 4.55. The van der Waals surface area contributed by atoms with Gasteiger partial charge in [0.1, 0.15) is 12.4 Å². The number of fused-ring (bicyclic) bond motifs is 1. The molecule has 0 radical (unpaired) electrons. The van der Waals surface area contributed by atoms with Crippen molar-refractivity contribution in [1.82, 2.24) is 0 Å². The summed E-state index contributed by atoms with van der Waals surface area (Å²) < 4.78 is 7.04. The number of hydrogen-bond acceptors (Lipinski definition) is 2. The minimum absolute atomic E-state index is 0.527. The predicted octanol–water partition coefficient (Wildman–Crippen LogP) is 7.76. The van der Waals surface area contributed by atoms with Gasteiger partial charge in [-0.1, -0.05) is 66.2 Å². The van der Waals surface area contributed by atoms with Crippen LogP contribution in [-0.2, 0) is 13.2 Å². The molecule has 2 nitrogen and oxygen atoms in total. The van der Waals surface area contributed by atoms with Crippen molar-refractivity contribution in [2.75, 3.05) is 5.32 Å². The molecule has 0 unspecified atom stereocenters. The SMILES string of the molecule is Cc1ccc(Cl)cc1NCc1ccc(OCc2cccc3ccccc23)c(Br)c1. The molecule has 4 aromatic rings. The Morgan fingerprint density at radius 1 is 0.931 bits per heavy atom. The summed E-state index contributed by atoms with van der Waals surface area (Å²) in [4.78, 5) is 0. The fourth-order valence-corrected chi connectivity index (χ4v) is 4.04. The van der Waals surface area contributed by atoms with E-state index in [1.807, 2.05) is 24.3 Å². The summed E-state index contributed by atoms with van der Waals surface area (Å²) in [6.45, 7) is 3.31. The van der Waals surface area contributed by atoms with E-state index >= 15 is 0 Å². The summed E-state index contributed by atoms with van der Waals surface area (Å²) in [5, 5.41) is 6.63. The zero-order valence-corrected chi connectivity index (χ0v) is 18.4. The van der Waals surface area contributed by atoms with E-state index in [0.717, 1.165) is 26.5 Å². The smallest absolute Gasteiger partial charge is 0.134 e. The molecule has 1 N–H and O–H groups in total. The quantitative estimate of drug-likeness (QED) is 0.313. The molecule has 0 aliphatic carbocycles. The van der Waals surface area contributed by atoms with E-state index in [0.29, 0.717) is 13.2 Å². The third-order valence-corrected chi connectivity index (χ3v) is 5.80. The number of anilines is 1. The maximum absolute atomic E-state index is 6.10.